The molecule has 2 atom stereocenters. The van der Waals surface area contributed by atoms with Gasteiger partial charge in [0.05, 0.1) is 13.0 Å². The topological polar surface area (TPSA) is 58.6 Å². The van der Waals surface area contributed by atoms with Gasteiger partial charge < -0.3 is 15.0 Å². The van der Waals surface area contributed by atoms with Crippen LogP contribution in [0.4, 0.5) is 0 Å². The summed E-state index contributed by atoms with van der Waals surface area (Å²) >= 11 is 0. The summed E-state index contributed by atoms with van der Waals surface area (Å²) in [6.07, 6.45) is 0.824. The molecule has 1 aromatic rings. The second kappa shape index (κ2) is 6.52. The standard InChI is InChI=1S/C15H20N2O3/c1-17-9-8-12(10-17)14(18)16-13(15(19)20-2)11-6-4-3-5-7-11/h3-7,12-13H,8-10H2,1-2H3,(H,16,18). The van der Waals surface area contributed by atoms with E-state index in [-0.39, 0.29) is 11.8 Å². The van der Waals surface area contributed by atoms with Crippen LogP contribution in [0.5, 0.6) is 0 Å². The smallest absolute Gasteiger partial charge is 0.333 e. The van der Waals surface area contributed by atoms with Crippen molar-refractivity contribution in [2.75, 3.05) is 27.2 Å². The van der Waals surface area contributed by atoms with E-state index < -0.39 is 12.0 Å². The number of benzene rings is 1. The average molecular weight is 276 g/mol. The molecule has 20 heavy (non-hydrogen) atoms. The molecule has 2 rings (SSSR count). The van der Waals surface area contributed by atoms with E-state index in [2.05, 4.69) is 10.2 Å². The number of amides is 1. The van der Waals surface area contributed by atoms with Crippen molar-refractivity contribution >= 4 is 11.9 Å². The van der Waals surface area contributed by atoms with E-state index >= 15 is 0 Å². The lowest BCUT2D eigenvalue weighted by Gasteiger charge is -2.19. The van der Waals surface area contributed by atoms with Crippen molar-refractivity contribution in [1.29, 1.82) is 0 Å². The zero-order valence-electron chi connectivity index (χ0n) is 11.8. The zero-order chi connectivity index (χ0) is 14.5. The molecule has 1 heterocycles. The van der Waals surface area contributed by atoms with Gasteiger partial charge in [0, 0.05) is 6.54 Å². The monoisotopic (exact) mass is 276 g/mol. The van der Waals surface area contributed by atoms with Crippen molar-refractivity contribution < 1.29 is 14.3 Å². The molecule has 108 valence electrons. The van der Waals surface area contributed by atoms with Gasteiger partial charge in [-0.2, -0.15) is 0 Å². The Labute approximate surface area is 118 Å². The number of nitrogens with one attached hydrogen (secondary N) is 1. The maximum absolute atomic E-state index is 12.2. The van der Waals surface area contributed by atoms with Crippen LogP contribution in [0.3, 0.4) is 0 Å². The van der Waals surface area contributed by atoms with Crippen LogP contribution in [0.1, 0.15) is 18.0 Å². The van der Waals surface area contributed by atoms with Gasteiger partial charge in [-0.3, -0.25) is 4.79 Å². The van der Waals surface area contributed by atoms with Crippen LogP contribution in [-0.2, 0) is 14.3 Å². The number of methoxy groups -OCH3 is 1. The molecule has 0 aromatic heterocycles. The molecule has 1 N–H and O–H groups in total. The number of hydrogen-bond acceptors (Lipinski definition) is 4. The van der Waals surface area contributed by atoms with Crippen molar-refractivity contribution in [3.05, 3.63) is 35.9 Å². The molecule has 1 saturated heterocycles. The average Bonchev–Trinajstić information content (AvgIpc) is 2.91. The molecule has 1 aromatic carbocycles. The molecular formula is C15H20N2O3. The van der Waals surface area contributed by atoms with Gasteiger partial charge in [0.25, 0.3) is 0 Å². The minimum absolute atomic E-state index is 0.0594. The third-order valence-corrected chi connectivity index (χ3v) is 3.62. The van der Waals surface area contributed by atoms with Gasteiger partial charge in [0.15, 0.2) is 6.04 Å². The number of rotatable bonds is 4. The molecule has 2 unspecified atom stereocenters. The summed E-state index contributed by atoms with van der Waals surface area (Å²) in [5, 5.41) is 2.81. The second-order valence-corrected chi connectivity index (χ2v) is 5.12. The van der Waals surface area contributed by atoms with E-state index in [1.165, 1.54) is 7.11 Å². The molecule has 5 heteroatoms. The van der Waals surface area contributed by atoms with E-state index in [0.717, 1.165) is 25.1 Å². The van der Waals surface area contributed by atoms with E-state index in [4.69, 9.17) is 4.74 Å². The van der Waals surface area contributed by atoms with E-state index in [9.17, 15) is 9.59 Å². The summed E-state index contributed by atoms with van der Waals surface area (Å²) in [5.41, 5.74) is 0.735. The van der Waals surface area contributed by atoms with Gasteiger partial charge in [-0.25, -0.2) is 4.79 Å². The number of ether oxygens (including phenoxy) is 1. The highest BCUT2D eigenvalue weighted by Gasteiger charge is 2.30. The molecule has 1 amide bonds. The first kappa shape index (κ1) is 14.5. The predicted molar refractivity (Wildman–Crippen MR) is 74.9 cm³/mol. The minimum atomic E-state index is -0.736. The Balaban J connectivity index is 2.09. The highest BCUT2D eigenvalue weighted by molar-refractivity contribution is 5.86. The molecule has 5 nitrogen and oxygen atoms in total. The Hall–Kier alpha value is -1.88. The van der Waals surface area contributed by atoms with Crippen LogP contribution in [0.25, 0.3) is 0 Å². The van der Waals surface area contributed by atoms with Gasteiger partial charge in [-0.15, -0.1) is 0 Å². The fourth-order valence-electron chi connectivity index (χ4n) is 2.45. The van der Waals surface area contributed by atoms with Crippen molar-refractivity contribution in [2.24, 2.45) is 5.92 Å². The molecule has 0 saturated carbocycles. The molecule has 0 spiro atoms. The van der Waals surface area contributed by atoms with Gasteiger partial charge >= 0.3 is 5.97 Å². The van der Waals surface area contributed by atoms with Crippen LogP contribution in [-0.4, -0.2) is 44.0 Å². The highest BCUT2D eigenvalue weighted by atomic mass is 16.5. The lowest BCUT2D eigenvalue weighted by atomic mass is 10.0. The molecule has 1 aliphatic heterocycles. The first-order chi connectivity index (χ1) is 9.61. The third kappa shape index (κ3) is 3.36. The van der Waals surface area contributed by atoms with Crippen molar-refractivity contribution in [3.8, 4) is 0 Å². The van der Waals surface area contributed by atoms with E-state index in [1.54, 1.807) is 0 Å². The maximum Gasteiger partial charge on any atom is 0.333 e. The fraction of sp³-hybridized carbons (Fsp3) is 0.467. The summed E-state index contributed by atoms with van der Waals surface area (Å²) in [4.78, 5) is 26.2. The summed E-state index contributed by atoms with van der Waals surface area (Å²) in [6, 6.07) is 8.41. The van der Waals surface area contributed by atoms with Crippen molar-refractivity contribution in [1.82, 2.24) is 10.2 Å². The molecule has 0 aliphatic carbocycles. The number of hydrogen-bond donors (Lipinski definition) is 1. The Morgan fingerprint density at radius 2 is 2.05 bits per heavy atom. The Morgan fingerprint density at radius 3 is 2.60 bits per heavy atom. The summed E-state index contributed by atoms with van der Waals surface area (Å²) in [5.74, 6) is -0.597. The molecule has 1 fully saturated rings. The fourth-order valence-corrected chi connectivity index (χ4v) is 2.45. The van der Waals surface area contributed by atoms with Crippen LogP contribution in [0.2, 0.25) is 0 Å². The molecular weight excluding hydrogens is 256 g/mol. The largest absolute Gasteiger partial charge is 0.467 e. The van der Waals surface area contributed by atoms with Gasteiger partial charge in [0.1, 0.15) is 0 Å². The number of nitrogens with zero attached hydrogens (tertiary/aromatic N) is 1. The van der Waals surface area contributed by atoms with Crippen LogP contribution in [0.15, 0.2) is 30.3 Å². The molecule has 0 bridgehead atoms. The van der Waals surface area contributed by atoms with Gasteiger partial charge in [0.2, 0.25) is 5.91 Å². The van der Waals surface area contributed by atoms with Crippen LogP contribution >= 0.6 is 0 Å². The summed E-state index contributed by atoms with van der Waals surface area (Å²) in [7, 11) is 3.32. The number of esters is 1. The maximum atomic E-state index is 12.2. The number of likely N-dealkylation sites (tertiary alicyclic amines) is 1. The quantitative estimate of drug-likeness (QED) is 0.833. The first-order valence-electron chi connectivity index (χ1n) is 6.73. The summed E-state index contributed by atoms with van der Waals surface area (Å²) < 4.78 is 4.79. The van der Waals surface area contributed by atoms with Gasteiger partial charge in [-0.05, 0) is 25.6 Å². The Bertz CT molecular complexity index is 475. The lowest BCUT2D eigenvalue weighted by Crippen LogP contribution is -2.39. The normalized spacial score (nSPS) is 20.4. The third-order valence-electron chi connectivity index (χ3n) is 3.62. The lowest BCUT2D eigenvalue weighted by molar-refractivity contribution is -0.145. The number of carbonyl (C=O) groups is 2. The predicted octanol–water partition coefficient (Wildman–Crippen LogP) is 0.969. The van der Waals surface area contributed by atoms with Crippen LogP contribution < -0.4 is 5.32 Å². The van der Waals surface area contributed by atoms with Crippen molar-refractivity contribution in [3.63, 3.8) is 0 Å². The second-order valence-electron chi connectivity index (χ2n) is 5.12. The zero-order valence-corrected chi connectivity index (χ0v) is 11.8. The molecule has 1 aliphatic rings. The molecule has 0 radical (unpaired) electrons. The Morgan fingerprint density at radius 1 is 1.35 bits per heavy atom. The minimum Gasteiger partial charge on any atom is -0.467 e. The van der Waals surface area contributed by atoms with Crippen molar-refractivity contribution in [2.45, 2.75) is 12.5 Å². The van der Waals surface area contributed by atoms with Crippen LogP contribution in [0, 0.1) is 5.92 Å². The Kier molecular flexibility index (Phi) is 4.74. The first-order valence-corrected chi connectivity index (χ1v) is 6.73. The van der Waals surface area contributed by atoms with E-state index in [0.29, 0.717) is 0 Å². The van der Waals surface area contributed by atoms with Gasteiger partial charge in [-0.1, -0.05) is 30.3 Å². The number of carbonyl (C=O) groups excluding carboxylic acids is 2. The van der Waals surface area contributed by atoms with E-state index in [1.807, 2.05) is 37.4 Å². The summed E-state index contributed by atoms with van der Waals surface area (Å²) in [6.45, 7) is 1.64. The SMILES string of the molecule is COC(=O)C(NC(=O)C1CCN(C)C1)c1ccccc1. The highest BCUT2D eigenvalue weighted by Crippen LogP contribution is 2.18.